The summed E-state index contributed by atoms with van der Waals surface area (Å²) in [5, 5.41) is 0. The normalized spacial score (nSPS) is 10.0. The van der Waals surface area contributed by atoms with Crippen molar-refractivity contribution in [1.82, 2.24) is 0 Å². The molecule has 0 N–H and O–H groups in total. The zero-order chi connectivity index (χ0) is 12.1. The average Bonchev–Trinajstić information content (AvgIpc) is 2.40. The van der Waals surface area contributed by atoms with Gasteiger partial charge in [0.25, 0.3) is 0 Å². The molecule has 0 aliphatic heterocycles. The smallest absolute Gasteiger partial charge is 0.119 e. The minimum atomic E-state index is 0.881. The van der Waals surface area contributed by atoms with E-state index in [1.807, 2.05) is 30.3 Å². The second-order valence-corrected chi connectivity index (χ2v) is 4.80. The minimum absolute atomic E-state index is 0.881. The van der Waals surface area contributed by atoms with Crippen LogP contribution >= 0.6 is 11.9 Å². The number of benzene rings is 2. The van der Waals surface area contributed by atoms with Gasteiger partial charge in [0.15, 0.2) is 0 Å². The zero-order valence-corrected chi connectivity index (χ0v) is 10.8. The largest absolute Gasteiger partial charge is 0.497 e. The topological polar surface area (TPSA) is 12.5 Å². The molecule has 2 aromatic rings. The molecule has 3 heteroatoms. The van der Waals surface area contributed by atoms with Gasteiger partial charge in [0.1, 0.15) is 5.75 Å². The summed E-state index contributed by atoms with van der Waals surface area (Å²) in [7, 11) is 3.73. The fourth-order valence-corrected chi connectivity index (χ4v) is 2.31. The summed E-state index contributed by atoms with van der Waals surface area (Å²) in [6.45, 7) is 0. The Morgan fingerprint density at radius 1 is 0.941 bits per heavy atom. The molecule has 0 saturated heterocycles. The first-order valence-electron chi connectivity index (χ1n) is 5.40. The molecule has 0 atom stereocenters. The van der Waals surface area contributed by atoms with Gasteiger partial charge in [-0.05, 0) is 48.3 Å². The molecule has 0 aliphatic carbocycles. The van der Waals surface area contributed by atoms with Gasteiger partial charge in [0.05, 0.1) is 7.11 Å². The van der Waals surface area contributed by atoms with Crippen molar-refractivity contribution < 1.29 is 4.74 Å². The Bertz CT molecular complexity index is 455. The van der Waals surface area contributed by atoms with Crippen LogP contribution in [-0.2, 0) is 0 Å². The van der Waals surface area contributed by atoms with Gasteiger partial charge in [-0.15, -0.1) is 0 Å². The predicted octanol–water partition coefficient (Wildman–Crippen LogP) is 3.84. The Labute approximate surface area is 106 Å². The highest BCUT2D eigenvalue weighted by Gasteiger charge is 2.02. The van der Waals surface area contributed by atoms with E-state index >= 15 is 0 Å². The molecule has 2 aromatic carbocycles. The molecular formula is C14H15NOS. The molecule has 0 aliphatic rings. The second kappa shape index (κ2) is 5.64. The van der Waals surface area contributed by atoms with E-state index < -0.39 is 0 Å². The maximum Gasteiger partial charge on any atom is 0.119 e. The van der Waals surface area contributed by atoms with Gasteiger partial charge in [-0.25, -0.2) is 0 Å². The van der Waals surface area contributed by atoms with E-state index in [9.17, 15) is 0 Å². The first-order valence-corrected chi connectivity index (χ1v) is 6.18. The first-order chi connectivity index (χ1) is 8.29. The van der Waals surface area contributed by atoms with Gasteiger partial charge < -0.3 is 9.04 Å². The van der Waals surface area contributed by atoms with Crippen LogP contribution in [-0.4, -0.2) is 14.2 Å². The molecule has 0 radical (unpaired) electrons. The number of nitrogens with zero attached hydrogens (tertiary/aromatic N) is 1. The molecule has 0 bridgehead atoms. The Balaban J connectivity index is 2.06. The molecule has 2 rings (SSSR count). The number of anilines is 1. The van der Waals surface area contributed by atoms with Gasteiger partial charge >= 0.3 is 0 Å². The van der Waals surface area contributed by atoms with Gasteiger partial charge in [-0.3, -0.25) is 0 Å². The van der Waals surface area contributed by atoms with Gasteiger partial charge in [0.2, 0.25) is 0 Å². The summed E-state index contributed by atoms with van der Waals surface area (Å²) >= 11 is 1.70. The van der Waals surface area contributed by atoms with Crippen molar-refractivity contribution in [1.29, 1.82) is 0 Å². The van der Waals surface area contributed by atoms with Crippen LogP contribution in [0.25, 0.3) is 0 Å². The van der Waals surface area contributed by atoms with Crippen LogP contribution in [0.5, 0.6) is 5.75 Å². The summed E-state index contributed by atoms with van der Waals surface area (Å²) in [6, 6.07) is 18.4. The standard InChI is InChI=1S/C14H15NOS/c1-15(17-14-6-4-3-5-7-14)12-8-10-13(16-2)11-9-12/h3-11H,1-2H3. The quantitative estimate of drug-likeness (QED) is 0.759. The lowest BCUT2D eigenvalue weighted by atomic mass is 10.3. The number of hydrogen-bond donors (Lipinski definition) is 0. The van der Waals surface area contributed by atoms with E-state index in [-0.39, 0.29) is 0 Å². The highest BCUT2D eigenvalue weighted by Crippen LogP contribution is 2.28. The summed E-state index contributed by atoms with van der Waals surface area (Å²) in [4.78, 5) is 1.23. The monoisotopic (exact) mass is 245 g/mol. The minimum Gasteiger partial charge on any atom is -0.497 e. The summed E-state index contributed by atoms with van der Waals surface area (Å²) in [5.74, 6) is 0.881. The number of ether oxygens (including phenoxy) is 1. The van der Waals surface area contributed by atoms with Crippen molar-refractivity contribution in [2.45, 2.75) is 4.90 Å². The number of methoxy groups -OCH3 is 1. The van der Waals surface area contributed by atoms with Crippen LogP contribution in [0.15, 0.2) is 59.5 Å². The number of hydrogen-bond acceptors (Lipinski definition) is 3. The Kier molecular flexibility index (Phi) is 3.94. The van der Waals surface area contributed by atoms with Crippen molar-refractivity contribution in [2.75, 3.05) is 18.5 Å². The van der Waals surface area contributed by atoms with E-state index in [0.717, 1.165) is 11.4 Å². The molecular weight excluding hydrogens is 230 g/mol. The van der Waals surface area contributed by atoms with E-state index in [1.165, 1.54) is 4.90 Å². The predicted molar refractivity (Wildman–Crippen MR) is 73.7 cm³/mol. The van der Waals surface area contributed by atoms with Crippen LogP contribution in [0, 0.1) is 0 Å². The second-order valence-electron chi connectivity index (χ2n) is 3.60. The summed E-state index contributed by atoms with van der Waals surface area (Å²) < 4.78 is 7.28. The molecule has 0 fully saturated rings. The van der Waals surface area contributed by atoms with Crippen molar-refractivity contribution >= 4 is 17.6 Å². The highest BCUT2D eigenvalue weighted by molar-refractivity contribution is 8.00. The lowest BCUT2D eigenvalue weighted by molar-refractivity contribution is 0.415. The van der Waals surface area contributed by atoms with Gasteiger partial charge in [-0.1, -0.05) is 18.2 Å². The summed E-state index contributed by atoms with van der Waals surface area (Å²) in [5.41, 5.74) is 1.15. The highest BCUT2D eigenvalue weighted by atomic mass is 32.2. The fourth-order valence-electron chi connectivity index (χ4n) is 1.48. The van der Waals surface area contributed by atoms with E-state index in [2.05, 4.69) is 35.6 Å². The number of rotatable bonds is 4. The molecule has 17 heavy (non-hydrogen) atoms. The fraction of sp³-hybridized carbons (Fsp3) is 0.143. The first kappa shape index (κ1) is 11.9. The SMILES string of the molecule is COc1ccc(N(C)Sc2ccccc2)cc1. The van der Waals surface area contributed by atoms with Gasteiger partial charge in [-0.2, -0.15) is 0 Å². The molecule has 0 aromatic heterocycles. The maximum atomic E-state index is 5.14. The maximum absolute atomic E-state index is 5.14. The van der Waals surface area contributed by atoms with E-state index in [1.54, 1.807) is 19.1 Å². The third kappa shape index (κ3) is 3.17. The molecule has 0 saturated carbocycles. The van der Waals surface area contributed by atoms with Crippen LogP contribution in [0.2, 0.25) is 0 Å². The Morgan fingerprint density at radius 2 is 1.59 bits per heavy atom. The molecule has 0 unspecified atom stereocenters. The van der Waals surface area contributed by atoms with Crippen LogP contribution in [0.3, 0.4) is 0 Å². The van der Waals surface area contributed by atoms with Gasteiger partial charge in [0, 0.05) is 17.6 Å². The zero-order valence-electron chi connectivity index (χ0n) is 9.96. The van der Waals surface area contributed by atoms with E-state index in [4.69, 9.17) is 4.74 Å². The van der Waals surface area contributed by atoms with Crippen LogP contribution in [0.1, 0.15) is 0 Å². The Hall–Kier alpha value is -1.61. The molecule has 88 valence electrons. The Morgan fingerprint density at radius 3 is 2.18 bits per heavy atom. The third-order valence-corrected chi connectivity index (χ3v) is 3.39. The molecule has 2 nitrogen and oxygen atoms in total. The third-order valence-electron chi connectivity index (χ3n) is 2.42. The van der Waals surface area contributed by atoms with E-state index in [0.29, 0.717) is 0 Å². The molecule has 0 amide bonds. The van der Waals surface area contributed by atoms with Crippen molar-refractivity contribution in [3.63, 3.8) is 0 Å². The van der Waals surface area contributed by atoms with Crippen molar-refractivity contribution in [3.05, 3.63) is 54.6 Å². The van der Waals surface area contributed by atoms with Crippen LogP contribution in [0.4, 0.5) is 5.69 Å². The molecule has 0 heterocycles. The average molecular weight is 245 g/mol. The lowest BCUT2D eigenvalue weighted by Gasteiger charge is -2.17. The molecule has 0 spiro atoms. The lowest BCUT2D eigenvalue weighted by Crippen LogP contribution is -2.05. The van der Waals surface area contributed by atoms with Crippen molar-refractivity contribution in [3.8, 4) is 5.75 Å². The van der Waals surface area contributed by atoms with Crippen molar-refractivity contribution in [2.24, 2.45) is 0 Å². The van der Waals surface area contributed by atoms with Crippen LogP contribution < -0.4 is 9.04 Å². The summed E-state index contributed by atoms with van der Waals surface area (Å²) in [6.07, 6.45) is 0.